The van der Waals surface area contributed by atoms with Crippen LogP contribution >= 0.6 is 22.6 Å². The number of methoxy groups -OCH3 is 1. The number of hydrogen-bond donors (Lipinski definition) is 2. The molecule has 0 unspecified atom stereocenters. The van der Waals surface area contributed by atoms with Gasteiger partial charge < -0.3 is 20.1 Å². The second kappa shape index (κ2) is 9.83. The van der Waals surface area contributed by atoms with Gasteiger partial charge in [0.05, 0.1) is 20.2 Å². The van der Waals surface area contributed by atoms with Crippen molar-refractivity contribution in [3.05, 3.63) is 92.3 Å². The number of benzene rings is 3. The van der Waals surface area contributed by atoms with Crippen molar-refractivity contribution in [1.82, 2.24) is 4.90 Å². The number of aliphatic hydroxyl groups is 1. The predicted octanol–water partition coefficient (Wildman–Crippen LogP) is 4.61. The Morgan fingerprint density at radius 2 is 1.88 bits per heavy atom. The summed E-state index contributed by atoms with van der Waals surface area (Å²) < 4.78 is 48.8. The van der Waals surface area contributed by atoms with E-state index in [1.54, 1.807) is 25.3 Å². The lowest BCUT2D eigenvalue weighted by molar-refractivity contribution is -0.0707. The normalized spacial score (nSPS) is 14.5. The molecule has 178 valence electrons. The smallest absolute Gasteiger partial charge is 0.254 e. The zero-order chi connectivity index (χ0) is 24.5. The van der Waals surface area contributed by atoms with Crippen LogP contribution in [0.4, 0.5) is 18.9 Å². The van der Waals surface area contributed by atoms with Gasteiger partial charge in [-0.15, -0.1) is 0 Å². The maximum absolute atomic E-state index is 14.7. The number of carbonyl (C=O) groups excluding carboxylic acids is 1. The van der Waals surface area contributed by atoms with Gasteiger partial charge >= 0.3 is 0 Å². The summed E-state index contributed by atoms with van der Waals surface area (Å²) in [5.41, 5.74) is -0.545. The van der Waals surface area contributed by atoms with Crippen molar-refractivity contribution in [2.45, 2.75) is 12.0 Å². The first-order valence-corrected chi connectivity index (χ1v) is 11.6. The molecule has 9 heteroatoms. The SMILES string of the molecule is COc1cccc(NCC2(O)CN(C(=O)c3ccc(F)c(F)c3Cc3ccc(I)cc3F)C2)c1. The largest absolute Gasteiger partial charge is 0.497 e. The van der Waals surface area contributed by atoms with E-state index in [9.17, 15) is 23.1 Å². The number of rotatable bonds is 7. The summed E-state index contributed by atoms with van der Waals surface area (Å²) in [6, 6.07) is 13.7. The summed E-state index contributed by atoms with van der Waals surface area (Å²) in [5.74, 6) is -2.74. The molecule has 0 radical (unpaired) electrons. The fourth-order valence-electron chi connectivity index (χ4n) is 3.91. The highest BCUT2D eigenvalue weighted by Gasteiger charge is 2.44. The van der Waals surface area contributed by atoms with Gasteiger partial charge in [0.25, 0.3) is 5.91 Å². The van der Waals surface area contributed by atoms with E-state index >= 15 is 0 Å². The van der Waals surface area contributed by atoms with Gasteiger partial charge in [-0.25, -0.2) is 13.2 Å². The number of ether oxygens (including phenoxy) is 1. The van der Waals surface area contributed by atoms with E-state index in [1.165, 1.54) is 23.1 Å². The molecule has 34 heavy (non-hydrogen) atoms. The lowest BCUT2D eigenvalue weighted by Gasteiger charge is -2.46. The minimum atomic E-state index is -1.18. The number of anilines is 1. The first-order valence-electron chi connectivity index (χ1n) is 10.5. The first-order chi connectivity index (χ1) is 16.2. The van der Waals surface area contributed by atoms with E-state index in [-0.39, 0.29) is 42.7 Å². The van der Waals surface area contributed by atoms with Crippen LogP contribution in [0.3, 0.4) is 0 Å². The van der Waals surface area contributed by atoms with Crippen molar-refractivity contribution in [2.24, 2.45) is 0 Å². The molecule has 1 aliphatic heterocycles. The quantitative estimate of drug-likeness (QED) is 0.400. The summed E-state index contributed by atoms with van der Waals surface area (Å²) >= 11 is 1.95. The lowest BCUT2D eigenvalue weighted by Crippen LogP contribution is -2.66. The van der Waals surface area contributed by atoms with Gasteiger partial charge in [-0.05, 0) is 64.6 Å². The highest BCUT2D eigenvalue weighted by molar-refractivity contribution is 14.1. The molecule has 0 aliphatic carbocycles. The third kappa shape index (κ3) is 5.15. The highest BCUT2D eigenvalue weighted by Crippen LogP contribution is 2.29. The molecule has 0 aromatic heterocycles. The Bertz CT molecular complexity index is 1230. The molecular weight excluding hydrogens is 560 g/mol. The molecular formula is C25H22F3IN2O3. The number of nitrogens with one attached hydrogen (secondary N) is 1. The van der Waals surface area contributed by atoms with Crippen molar-refractivity contribution >= 4 is 34.2 Å². The Morgan fingerprint density at radius 3 is 2.59 bits per heavy atom. The number of halogens is 4. The molecule has 0 saturated carbocycles. The van der Waals surface area contributed by atoms with Crippen molar-refractivity contribution < 1.29 is 27.8 Å². The van der Waals surface area contributed by atoms with Crippen LogP contribution in [-0.2, 0) is 6.42 Å². The molecule has 1 amide bonds. The van der Waals surface area contributed by atoms with Crippen LogP contribution in [0, 0.1) is 21.0 Å². The molecule has 0 bridgehead atoms. The molecule has 1 fully saturated rings. The zero-order valence-electron chi connectivity index (χ0n) is 18.2. The van der Waals surface area contributed by atoms with Crippen LogP contribution in [0.1, 0.15) is 21.5 Å². The molecule has 0 spiro atoms. The van der Waals surface area contributed by atoms with Crippen molar-refractivity contribution in [3.63, 3.8) is 0 Å². The van der Waals surface area contributed by atoms with E-state index in [0.717, 1.165) is 11.8 Å². The average molecular weight is 582 g/mol. The Balaban J connectivity index is 1.47. The van der Waals surface area contributed by atoms with E-state index in [4.69, 9.17) is 4.74 Å². The van der Waals surface area contributed by atoms with Gasteiger partial charge in [-0.1, -0.05) is 12.1 Å². The molecule has 1 saturated heterocycles. The van der Waals surface area contributed by atoms with Crippen LogP contribution in [0.2, 0.25) is 0 Å². The summed E-state index contributed by atoms with van der Waals surface area (Å²) in [7, 11) is 1.56. The molecule has 4 rings (SSSR count). The van der Waals surface area contributed by atoms with E-state index < -0.39 is 29.0 Å². The van der Waals surface area contributed by atoms with Crippen LogP contribution in [0.15, 0.2) is 54.6 Å². The third-order valence-electron chi connectivity index (χ3n) is 5.76. The van der Waals surface area contributed by atoms with Crippen molar-refractivity contribution in [1.29, 1.82) is 0 Å². The van der Waals surface area contributed by atoms with Gasteiger partial charge in [0, 0.05) is 39.4 Å². The molecule has 3 aromatic carbocycles. The third-order valence-corrected chi connectivity index (χ3v) is 6.43. The number of amides is 1. The topological polar surface area (TPSA) is 61.8 Å². The summed E-state index contributed by atoms with van der Waals surface area (Å²) in [5, 5.41) is 13.9. The Morgan fingerprint density at radius 1 is 1.12 bits per heavy atom. The second-order valence-electron chi connectivity index (χ2n) is 8.27. The van der Waals surface area contributed by atoms with E-state index in [1.807, 2.05) is 34.7 Å². The molecule has 0 atom stereocenters. The van der Waals surface area contributed by atoms with Crippen LogP contribution < -0.4 is 10.1 Å². The Kier molecular flexibility index (Phi) is 7.04. The maximum Gasteiger partial charge on any atom is 0.254 e. The summed E-state index contributed by atoms with van der Waals surface area (Å²) in [4.78, 5) is 14.4. The molecule has 2 N–H and O–H groups in total. The maximum atomic E-state index is 14.7. The van der Waals surface area contributed by atoms with Gasteiger partial charge in [-0.3, -0.25) is 4.79 Å². The van der Waals surface area contributed by atoms with E-state index in [2.05, 4.69) is 5.32 Å². The monoisotopic (exact) mass is 582 g/mol. The minimum Gasteiger partial charge on any atom is -0.497 e. The summed E-state index contributed by atoms with van der Waals surface area (Å²) in [6.45, 7) is 0.209. The number of likely N-dealkylation sites (tertiary alicyclic amines) is 1. The number of hydrogen-bond acceptors (Lipinski definition) is 4. The van der Waals surface area contributed by atoms with Crippen molar-refractivity contribution in [2.75, 3.05) is 32.1 Å². The number of β-amino-alcohol motifs (C(OH)–C–C–N with tert-alkyl or cyclic N) is 1. The van der Waals surface area contributed by atoms with Crippen LogP contribution in [-0.4, -0.2) is 48.3 Å². The van der Waals surface area contributed by atoms with Gasteiger partial charge in [0.1, 0.15) is 17.2 Å². The van der Waals surface area contributed by atoms with Crippen molar-refractivity contribution in [3.8, 4) is 5.75 Å². The van der Waals surface area contributed by atoms with Gasteiger partial charge in [-0.2, -0.15) is 0 Å². The second-order valence-corrected chi connectivity index (χ2v) is 9.52. The number of nitrogens with zero attached hydrogens (tertiary/aromatic N) is 1. The average Bonchev–Trinajstić information content (AvgIpc) is 2.80. The fourth-order valence-corrected chi connectivity index (χ4v) is 4.36. The van der Waals surface area contributed by atoms with Gasteiger partial charge in [0.15, 0.2) is 11.6 Å². The van der Waals surface area contributed by atoms with Crippen LogP contribution in [0.25, 0.3) is 0 Å². The Labute approximate surface area is 208 Å². The number of carbonyl (C=O) groups is 1. The molecule has 3 aromatic rings. The molecule has 5 nitrogen and oxygen atoms in total. The first kappa shape index (κ1) is 24.3. The zero-order valence-corrected chi connectivity index (χ0v) is 20.4. The van der Waals surface area contributed by atoms with E-state index in [0.29, 0.717) is 9.32 Å². The lowest BCUT2D eigenvalue weighted by atomic mass is 9.91. The molecule has 1 aliphatic rings. The molecule has 1 heterocycles. The fraction of sp³-hybridized carbons (Fsp3) is 0.240. The Hall–Kier alpha value is -2.79. The summed E-state index contributed by atoms with van der Waals surface area (Å²) in [6.07, 6.45) is -0.275. The van der Waals surface area contributed by atoms with Crippen LogP contribution in [0.5, 0.6) is 5.75 Å². The minimum absolute atomic E-state index is 0.0130. The predicted molar refractivity (Wildman–Crippen MR) is 131 cm³/mol. The standard InChI is InChI=1S/C25H22F3IN2O3/c1-34-18-4-2-3-17(11-18)30-12-25(33)13-31(14-25)24(32)19-7-8-21(26)23(28)20(19)9-15-5-6-16(29)10-22(15)27/h2-8,10-11,30,33H,9,12-14H2,1H3. The van der Waals surface area contributed by atoms with Gasteiger partial charge in [0.2, 0.25) is 0 Å². The highest BCUT2D eigenvalue weighted by atomic mass is 127.